The van der Waals surface area contributed by atoms with Gasteiger partial charge >= 0.3 is 0 Å². The van der Waals surface area contributed by atoms with Gasteiger partial charge in [0, 0.05) is 17.9 Å². The molecule has 0 atom stereocenters. The molecule has 4 nitrogen and oxygen atoms in total. The van der Waals surface area contributed by atoms with Crippen LogP contribution in [-0.4, -0.2) is 25.4 Å². The fraction of sp³-hybridized carbons (Fsp3) is 0.273. The number of rotatable bonds is 5. The normalized spacial score (nSPS) is 9.67. The molecule has 0 spiro atoms. The lowest BCUT2D eigenvalue weighted by atomic mass is 10.2. The molecule has 0 fully saturated rings. The Balaban J connectivity index is 2.56. The molecule has 15 heavy (non-hydrogen) atoms. The van der Waals surface area contributed by atoms with Crippen LogP contribution >= 0.6 is 0 Å². The van der Waals surface area contributed by atoms with E-state index in [0.29, 0.717) is 17.9 Å². The van der Waals surface area contributed by atoms with Gasteiger partial charge in [-0.1, -0.05) is 12.1 Å². The molecule has 0 bridgehead atoms. The van der Waals surface area contributed by atoms with Gasteiger partial charge in [0.25, 0.3) is 0 Å². The second-order valence-electron chi connectivity index (χ2n) is 2.93. The maximum atomic E-state index is 11.2. The van der Waals surface area contributed by atoms with E-state index >= 15 is 0 Å². The maximum Gasteiger partial charge on any atom is 0.250 e. The number of carbonyl (C=O) groups is 2. The van der Waals surface area contributed by atoms with Crippen LogP contribution in [-0.2, 0) is 9.53 Å². The van der Waals surface area contributed by atoms with E-state index in [2.05, 4.69) is 5.32 Å². The van der Waals surface area contributed by atoms with Crippen LogP contribution < -0.4 is 5.32 Å². The van der Waals surface area contributed by atoms with E-state index in [4.69, 9.17) is 4.74 Å². The fourth-order valence-corrected chi connectivity index (χ4v) is 1.08. The zero-order valence-corrected chi connectivity index (χ0v) is 8.53. The molecule has 4 heteroatoms. The number of hydrogen-bond acceptors (Lipinski definition) is 3. The molecular weight excluding hydrogens is 194 g/mol. The summed E-state index contributed by atoms with van der Waals surface area (Å²) in [7, 11) is 0. The first-order valence-electron chi connectivity index (χ1n) is 4.69. The number of anilines is 1. The minimum absolute atomic E-state index is 0.0296. The lowest BCUT2D eigenvalue weighted by molar-refractivity contribution is -0.120. The predicted octanol–water partition coefficient (Wildman–Crippen LogP) is 1.47. The lowest BCUT2D eigenvalue weighted by Gasteiger charge is -2.05. The summed E-state index contributed by atoms with van der Waals surface area (Å²) in [4.78, 5) is 21.7. The molecule has 0 aliphatic carbocycles. The summed E-state index contributed by atoms with van der Waals surface area (Å²) < 4.78 is 4.94. The molecular formula is C11H13NO3. The Morgan fingerprint density at radius 2 is 2.33 bits per heavy atom. The Morgan fingerprint density at radius 3 is 3.00 bits per heavy atom. The Kier molecular flexibility index (Phi) is 4.50. The van der Waals surface area contributed by atoms with E-state index in [1.54, 1.807) is 24.3 Å². The standard InChI is InChI=1S/C11H13NO3/c1-2-15-8-11(14)12-10-5-3-4-9(6-10)7-13/h3-7H,2,8H2,1H3,(H,12,14). The molecule has 80 valence electrons. The Morgan fingerprint density at radius 1 is 1.53 bits per heavy atom. The van der Waals surface area contributed by atoms with Crippen molar-refractivity contribution in [2.24, 2.45) is 0 Å². The average Bonchev–Trinajstić information content (AvgIpc) is 2.26. The van der Waals surface area contributed by atoms with E-state index < -0.39 is 0 Å². The number of ether oxygens (including phenoxy) is 1. The van der Waals surface area contributed by atoms with Crippen molar-refractivity contribution in [3.05, 3.63) is 29.8 Å². The zero-order valence-electron chi connectivity index (χ0n) is 8.53. The predicted molar refractivity (Wildman–Crippen MR) is 57.0 cm³/mol. The van der Waals surface area contributed by atoms with Gasteiger partial charge in [-0.2, -0.15) is 0 Å². The van der Waals surface area contributed by atoms with E-state index in [9.17, 15) is 9.59 Å². The van der Waals surface area contributed by atoms with Gasteiger partial charge in [-0.05, 0) is 19.1 Å². The molecule has 0 aromatic heterocycles. The minimum atomic E-state index is -0.222. The third kappa shape index (κ3) is 3.91. The van der Waals surface area contributed by atoms with E-state index in [1.165, 1.54) is 0 Å². The van der Waals surface area contributed by atoms with Crippen molar-refractivity contribution in [1.29, 1.82) is 0 Å². The smallest absolute Gasteiger partial charge is 0.250 e. The number of benzene rings is 1. The Bertz CT molecular complexity index is 349. The van der Waals surface area contributed by atoms with Crippen molar-refractivity contribution < 1.29 is 14.3 Å². The first-order valence-corrected chi connectivity index (χ1v) is 4.69. The van der Waals surface area contributed by atoms with Gasteiger partial charge < -0.3 is 10.1 Å². The van der Waals surface area contributed by atoms with Gasteiger partial charge in [0.2, 0.25) is 5.91 Å². The van der Waals surface area contributed by atoms with Crippen LogP contribution in [0.4, 0.5) is 5.69 Å². The van der Waals surface area contributed by atoms with E-state index in [-0.39, 0.29) is 12.5 Å². The molecule has 0 saturated heterocycles. The van der Waals surface area contributed by atoms with Crippen LogP contribution in [0.1, 0.15) is 17.3 Å². The molecule has 1 aromatic rings. The van der Waals surface area contributed by atoms with Crippen LogP contribution in [0.5, 0.6) is 0 Å². The third-order valence-electron chi connectivity index (χ3n) is 1.74. The summed E-state index contributed by atoms with van der Waals surface area (Å²) in [6.45, 7) is 2.35. The highest BCUT2D eigenvalue weighted by atomic mass is 16.5. The van der Waals surface area contributed by atoms with Gasteiger partial charge in [0.05, 0.1) is 0 Å². The molecule has 0 unspecified atom stereocenters. The molecule has 0 aliphatic heterocycles. The molecule has 0 radical (unpaired) electrons. The Hall–Kier alpha value is -1.68. The maximum absolute atomic E-state index is 11.2. The van der Waals surface area contributed by atoms with E-state index in [0.717, 1.165) is 6.29 Å². The second-order valence-corrected chi connectivity index (χ2v) is 2.93. The summed E-state index contributed by atoms with van der Waals surface area (Å²) in [6.07, 6.45) is 0.734. The number of hydrogen-bond donors (Lipinski definition) is 1. The SMILES string of the molecule is CCOCC(=O)Nc1cccc(C=O)c1. The fourth-order valence-electron chi connectivity index (χ4n) is 1.08. The Labute approximate surface area is 88.2 Å². The van der Waals surface area contributed by atoms with Gasteiger partial charge in [-0.3, -0.25) is 9.59 Å². The molecule has 0 heterocycles. The largest absolute Gasteiger partial charge is 0.372 e. The van der Waals surface area contributed by atoms with Crippen molar-refractivity contribution in [1.82, 2.24) is 0 Å². The molecule has 1 aromatic carbocycles. The number of nitrogens with one attached hydrogen (secondary N) is 1. The first-order chi connectivity index (χ1) is 7.26. The lowest BCUT2D eigenvalue weighted by Crippen LogP contribution is -2.18. The number of amides is 1. The molecule has 0 aliphatic rings. The second kappa shape index (κ2) is 5.93. The van der Waals surface area contributed by atoms with Gasteiger partial charge in [-0.15, -0.1) is 0 Å². The topological polar surface area (TPSA) is 55.4 Å². The van der Waals surface area contributed by atoms with Crippen LogP contribution in [0, 0.1) is 0 Å². The van der Waals surface area contributed by atoms with Crippen LogP contribution in [0.25, 0.3) is 0 Å². The van der Waals surface area contributed by atoms with Crippen molar-refractivity contribution in [2.75, 3.05) is 18.5 Å². The molecule has 0 saturated carbocycles. The highest BCUT2D eigenvalue weighted by Crippen LogP contribution is 2.08. The number of aldehydes is 1. The zero-order chi connectivity index (χ0) is 11.1. The molecule has 1 N–H and O–H groups in total. The van der Waals surface area contributed by atoms with Crippen molar-refractivity contribution in [3.63, 3.8) is 0 Å². The van der Waals surface area contributed by atoms with Crippen LogP contribution in [0.15, 0.2) is 24.3 Å². The van der Waals surface area contributed by atoms with Crippen molar-refractivity contribution >= 4 is 17.9 Å². The van der Waals surface area contributed by atoms with Gasteiger partial charge in [-0.25, -0.2) is 0 Å². The summed E-state index contributed by atoms with van der Waals surface area (Å²) in [5.41, 5.74) is 1.13. The summed E-state index contributed by atoms with van der Waals surface area (Å²) in [6, 6.07) is 6.71. The number of carbonyl (C=O) groups excluding carboxylic acids is 2. The summed E-state index contributed by atoms with van der Waals surface area (Å²) >= 11 is 0. The van der Waals surface area contributed by atoms with E-state index in [1.807, 2.05) is 6.92 Å². The monoisotopic (exact) mass is 207 g/mol. The van der Waals surface area contributed by atoms with Crippen LogP contribution in [0.2, 0.25) is 0 Å². The highest BCUT2D eigenvalue weighted by Gasteiger charge is 2.01. The van der Waals surface area contributed by atoms with Crippen molar-refractivity contribution in [2.45, 2.75) is 6.92 Å². The molecule has 1 amide bonds. The minimum Gasteiger partial charge on any atom is -0.372 e. The quantitative estimate of drug-likeness (QED) is 0.744. The van der Waals surface area contributed by atoms with Crippen molar-refractivity contribution in [3.8, 4) is 0 Å². The van der Waals surface area contributed by atoms with Gasteiger partial charge in [0.15, 0.2) is 0 Å². The molecule has 1 rings (SSSR count). The highest BCUT2D eigenvalue weighted by molar-refractivity contribution is 5.92. The first kappa shape index (κ1) is 11.4. The third-order valence-corrected chi connectivity index (χ3v) is 1.74. The summed E-state index contributed by atoms with van der Waals surface area (Å²) in [5.74, 6) is -0.222. The summed E-state index contributed by atoms with van der Waals surface area (Å²) in [5, 5.41) is 2.63. The van der Waals surface area contributed by atoms with Gasteiger partial charge in [0.1, 0.15) is 12.9 Å². The average molecular weight is 207 g/mol. The van der Waals surface area contributed by atoms with Crippen LogP contribution in [0.3, 0.4) is 0 Å².